The summed E-state index contributed by atoms with van der Waals surface area (Å²) in [5.41, 5.74) is 0.512. The average molecular weight is 502 g/mol. The highest BCUT2D eigenvalue weighted by Crippen LogP contribution is 2.44. The van der Waals surface area contributed by atoms with E-state index in [1.807, 2.05) is 85.8 Å². The Morgan fingerprint density at radius 2 is 1.32 bits per heavy atom. The minimum absolute atomic E-state index is 0.275. The monoisotopic (exact) mass is 500 g/mol. The molecule has 2 amide bonds. The third-order valence-electron chi connectivity index (χ3n) is 5.10. The van der Waals surface area contributed by atoms with Crippen molar-refractivity contribution in [3.8, 4) is 0 Å². The zero-order valence-corrected chi connectivity index (χ0v) is 18.3. The highest BCUT2D eigenvalue weighted by molar-refractivity contribution is 9.10. The fourth-order valence-corrected chi connectivity index (χ4v) is 4.20. The molecule has 0 saturated carbocycles. The number of carbonyl (C=O) groups is 1. The molecule has 1 aliphatic heterocycles. The first-order chi connectivity index (χ1) is 13.4. The number of anilines is 2. The van der Waals surface area contributed by atoms with Gasteiger partial charge in [0.05, 0.1) is 6.04 Å². The van der Waals surface area contributed by atoms with Crippen molar-refractivity contribution in [1.82, 2.24) is 0 Å². The second-order valence-electron chi connectivity index (χ2n) is 6.71. The third-order valence-corrected chi connectivity index (χ3v) is 6.15. The average Bonchev–Trinajstić information content (AvgIpc) is 2.91. The molecule has 142 valence electrons. The SMILES string of the molecule is C[C@@H]1N(c2ccc(Br)cc2)C(=O)N(c2ccc(Br)cc2)C1(O)c1ccccc1. The van der Waals surface area contributed by atoms with Gasteiger partial charge in [0.1, 0.15) is 0 Å². The normalized spacial score (nSPS) is 22.0. The zero-order chi connectivity index (χ0) is 19.9. The Kier molecular flexibility index (Phi) is 5.04. The summed E-state index contributed by atoms with van der Waals surface area (Å²) in [6, 6.07) is 23.4. The highest BCUT2D eigenvalue weighted by Gasteiger charge is 2.56. The summed E-state index contributed by atoms with van der Waals surface area (Å²) in [5, 5.41) is 11.9. The van der Waals surface area contributed by atoms with Gasteiger partial charge in [-0.05, 0) is 55.5 Å². The molecule has 4 nitrogen and oxygen atoms in total. The van der Waals surface area contributed by atoms with E-state index >= 15 is 0 Å². The summed E-state index contributed by atoms with van der Waals surface area (Å²) in [6.07, 6.45) is 0. The van der Waals surface area contributed by atoms with Gasteiger partial charge in [-0.3, -0.25) is 9.80 Å². The summed E-state index contributed by atoms with van der Waals surface area (Å²) in [6.45, 7) is 1.87. The van der Waals surface area contributed by atoms with Gasteiger partial charge in [0.25, 0.3) is 0 Å². The van der Waals surface area contributed by atoms with Crippen LogP contribution in [0.3, 0.4) is 0 Å². The number of carbonyl (C=O) groups excluding carboxylic acids is 1. The van der Waals surface area contributed by atoms with E-state index in [0.29, 0.717) is 11.3 Å². The number of nitrogens with zero attached hydrogens (tertiary/aromatic N) is 2. The molecule has 1 heterocycles. The molecule has 2 atom stereocenters. The molecular formula is C22H18Br2N2O2. The maximum absolute atomic E-state index is 13.5. The van der Waals surface area contributed by atoms with Gasteiger partial charge in [-0.15, -0.1) is 0 Å². The van der Waals surface area contributed by atoms with E-state index < -0.39 is 11.8 Å². The second kappa shape index (κ2) is 7.35. The minimum atomic E-state index is -1.51. The van der Waals surface area contributed by atoms with E-state index in [1.54, 1.807) is 4.90 Å². The fraction of sp³-hybridized carbons (Fsp3) is 0.136. The predicted molar refractivity (Wildman–Crippen MR) is 118 cm³/mol. The number of urea groups is 1. The van der Waals surface area contributed by atoms with E-state index in [2.05, 4.69) is 31.9 Å². The number of aliphatic hydroxyl groups is 1. The quantitative estimate of drug-likeness (QED) is 0.486. The third kappa shape index (κ3) is 3.05. The smallest absolute Gasteiger partial charge is 0.332 e. The Labute approximate surface area is 180 Å². The van der Waals surface area contributed by atoms with Crippen LogP contribution >= 0.6 is 31.9 Å². The number of rotatable bonds is 3. The zero-order valence-electron chi connectivity index (χ0n) is 15.1. The molecule has 0 spiro atoms. The van der Waals surface area contributed by atoms with Gasteiger partial charge < -0.3 is 5.11 Å². The first-order valence-electron chi connectivity index (χ1n) is 8.85. The topological polar surface area (TPSA) is 43.8 Å². The van der Waals surface area contributed by atoms with Gasteiger partial charge >= 0.3 is 6.03 Å². The van der Waals surface area contributed by atoms with E-state index in [9.17, 15) is 9.90 Å². The van der Waals surface area contributed by atoms with Gasteiger partial charge in [-0.2, -0.15) is 0 Å². The molecule has 28 heavy (non-hydrogen) atoms. The summed E-state index contributed by atoms with van der Waals surface area (Å²) in [4.78, 5) is 16.7. The van der Waals surface area contributed by atoms with E-state index in [1.165, 1.54) is 4.90 Å². The molecule has 0 bridgehead atoms. The first kappa shape index (κ1) is 19.2. The lowest BCUT2D eigenvalue weighted by molar-refractivity contribution is 0.0372. The Morgan fingerprint density at radius 3 is 1.86 bits per heavy atom. The lowest BCUT2D eigenvalue weighted by Crippen LogP contribution is -2.48. The molecule has 1 unspecified atom stereocenters. The molecule has 3 aromatic rings. The van der Waals surface area contributed by atoms with Crippen molar-refractivity contribution >= 4 is 49.3 Å². The van der Waals surface area contributed by atoms with Gasteiger partial charge in [0, 0.05) is 25.9 Å². The molecule has 0 radical (unpaired) electrons. The van der Waals surface area contributed by atoms with Crippen LogP contribution in [0, 0.1) is 0 Å². The number of benzene rings is 3. The molecule has 6 heteroatoms. The van der Waals surface area contributed by atoms with Crippen molar-refractivity contribution in [2.75, 3.05) is 9.80 Å². The maximum atomic E-state index is 13.5. The van der Waals surface area contributed by atoms with Crippen LogP contribution in [0.4, 0.5) is 16.2 Å². The molecular weight excluding hydrogens is 484 g/mol. The van der Waals surface area contributed by atoms with E-state index in [0.717, 1.165) is 14.6 Å². The molecule has 0 aromatic heterocycles. The van der Waals surface area contributed by atoms with Crippen LogP contribution < -0.4 is 9.80 Å². The molecule has 0 aliphatic carbocycles. The number of halogens is 2. The van der Waals surface area contributed by atoms with Crippen LogP contribution in [0.25, 0.3) is 0 Å². The molecule has 1 N–H and O–H groups in total. The van der Waals surface area contributed by atoms with Crippen molar-refractivity contribution in [2.24, 2.45) is 0 Å². The molecule has 1 saturated heterocycles. The summed E-state index contributed by atoms with van der Waals surface area (Å²) in [5.74, 6) is 0. The Morgan fingerprint density at radius 1 is 0.821 bits per heavy atom. The molecule has 1 fully saturated rings. The largest absolute Gasteiger partial charge is 0.365 e. The van der Waals surface area contributed by atoms with Crippen LogP contribution in [-0.4, -0.2) is 17.2 Å². The Hall–Kier alpha value is -2.15. The maximum Gasteiger partial charge on any atom is 0.332 e. The van der Waals surface area contributed by atoms with Crippen molar-refractivity contribution in [3.63, 3.8) is 0 Å². The van der Waals surface area contributed by atoms with Gasteiger partial charge in [-0.25, -0.2) is 4.79 Å². The van der Waals surface area contributed by atoms with Gasteiger partial charge in [-0.1, -0.05) is 62.2 Å². The van der Waals surface area contributed by atoms with E-state index in [4.69, 9.17) is 0 Å². The lowest BCUT2D eigenvalue weighted by atomic mass is 9.94. The van der Waals surface area contributed by atoms with Crippen molar-refractivity contribution in [2.45, 2.75) is 18.7 Å². The number of amides is 2. The number of hydrogen-bond donors (Lipinski definition) is 1. The summed E-state index contributed by atoms with van der Waals surface area (Å²) >= 11 is 6.86. The highest BCUT2D eigenvalue weighted by atomic mass is 79.9. The van der Waals surface area contributed by atoms with Crippen molar-refractivity contribution in [3.05, 3.63) is 93.4 Å². The Balaban J connectivity index is 1.89. The van der Waals surface area contributed by atoms with Crippen LogP contribution in [0.5, 0.6) is 0 Å². The van der Waals surface area contributed by atoms with E-state index in [-0.39, 0.29) is 6.03 Å². The molecule has 3 aromatic carbocycles. The van der Waals surface area contributed by atoms with Crippen molar-refractivity contribution in [1.29, 1.82) is 0 Å². The van der Waals surface area contributed by atoms with Gasteiger partial charge in [0.15, 0.2) is 5.72 Å². The first-order valence-corrected chi connectivity index (χ1v) is 10.4. The summed E-state index contributed by atoms with van der Waals surface area (Å²) in [7, 11) is 0. The standard InChI is InChI=1S/C22H18Br2N2O2/c1-15-22(28,16-5-3-2-4-6-16)26(20-13-9-18(24)10-14-20)21(27)25(15)19-11-7-17(23)8-12-19/h2-15,28H,1H3/t15-,22?/m0/s1. The van der Waals surface area contributed by atoms with Crippen LogP contribution in [-0.2, 0) is 5.72 Å². The summed E-state index contributed by atoms with van der Waals surface area (Å²) < 4.78 is 1.84. The predicted octanol–water partition coefficient (Wildman–Crippen LogP) is 5.89. The fourth-order valence-electron chi connectivity index (χ4n) is 3.67. The van der Waals surface area contributed by atoms with Crippen molar-refractivity contribution < 1.29 is 9.90 Å². The molecule has 4 rings (SSSR count). The van der Waals surface area contributed by atoms with Crippen LogP contribution in [0.2, 0.25) is 0 Å². The Bertz CT molecular complexity index is 993. The van der Waals surface area contributed by atoms with Crippen LogP contribution in [0.1, 0.15) is 12.5 Å². The van der Waals surface area contributed by atoms with Gasteiger partial charge in [0.2, 0.25) is 0 Å². The lowest BCUT2D eigenvalue weighted by Gasteiger charge is -2.35. The second-order valence-corrected chi connectivity index (χ2v) is 8.54. The minimum Gasteiger partial charge on any atom is -0.365 e. The van der Waals surface area contributed by atoms with Crippen LogP contribution in [0.15, 0.2) is 87.8 Å². The molecule has 1 aliphatic rings. The number of hydrogen-bond acceptors (Lipinski definition) is 2.